The first-order chi connectivity index (χ1) is 5.54. The summed E-state index contributed by atoms with van der Waals surface area (Å²) in [5.41, 5.74) is 0. The number of carbonyl (C=O) groups excluding carboxylic acids is 1. The number of carbonyl (C=O) groups is 1. The van der Waals surface area contributed by atoms with Crippen molar-refractivity contribution in [2.45, 2.75) is 13.8 Å². The summed E-state index contributed by atoms with van der Waals surface area (Å²) in [4.78, 5) is 11.3. The highest BCUT2D eigenvalue weighted by molar-refractivity contribution is 8.22. The quantitative estimate of drug-likeness (QED) is 0.683. The molecule has 0 saturated carbocycles. The van der Waals surface area contributed by atoms with Gasteiger partial charge >= 0.3 is 0 Å². The Morgan fingerprint density at radius 2 is 1.67 bits per heavy atom. The van der Waals surface area contributed by atoms with E-state index in [1.54, 1.807) is 11.8 Å². The number of rotatable bonds is 3. The lowest BCUT2D eigenvalue weighted by Gasteiger charge is -2.16. The van der Waals surface area contributed by atoms with Crippen molar-refractivity contribution in [2.24, 2.45) is 11.8 Å². The molecule has 0 spiro atoms. The van der Waals surface area contributed by atoms with Gasteiger partial charge in [0, 0.05) is 11.8 Å². The summed E-state index contributed by atoms with van der Waals surface area (Å²) in [5.74, 6) is 0.245. The molecule has 0 N–H and O–H groups in total. The molecular formula is C8H14OS3. The van der Waals surface area contributed by atoms with Crippen LogP contribution in [0.3, 0.4) is 0 Å². The van der Waals surface area contributed by atoms with Gasteiger partial charge in [-0.3, -0.25) is 4.79 Å². The Bertz CT molecular complexity index is 159. The summed E-state index contributed by atoms with van der Waals surface area (Å²) < 4.78 is 0.921. The SMILES string of the molecule is CSC(=O)C(C)C(C)C(=S)SC. The molecule has 0 fully saturated rings. The Morgan fingerprint density at radius 3 is 2.00 bits per heavy atom. The van der Waals surface area contributed by atoms with Crippen molar-refractivity contribution in [3.05, 3.63) is 0 Å². The van der Waals surface area contributed by atoms with Gasteiger partial charge in [0.2, 0.25) is 0 Å². The summed E-state index contributed by atoms with van der Waals surface area (Å²) in [7, 11) is 0. The number of hydrogen-bond acceptors (Lipinski definition) is 4. The van der Waals surface area contributed by atoms with Crippen LogP contribution >= 0.6 is 35.7 Å². The van der Waals surface area contributed by atoms with Crippen LogP contribution in [0.25, 0.3) is 0 Å². The highest BCUT2D eigenvalue weighted by atomic mass is 32.2. The maximum atomic E-state index is 11.3. The lowest BCUT2D eigenvalue weighted by molar-refractivity contribution is -0.114. The number of thiocarbonyl (C=S) groups is 1. The summed E-state index contributed by atoms with van der Waals surface area (Å²) in [6.07, 6.45) is 3.77. The summed E-state index contributed by atoms with van der Waals surface area (Å²) >= 11 is 7.96. The molecule has 2 unspecified atom stereocenters. The van der Waals surface area contributed by atoms with Crippen molar-refractivity contribution in [3.8, 4) is 0 Å². The fourth-order valence-electron chi connectivity index (χ4n) is 0.780. The molecule has 0 aliphatic heterocycles. The highest BCUT2D eigenvalue weighted by Gasteiger charge is 2.22. The molecule has 0 rings (SSSR count). The molecule has 0 aromatic carbocycles. The summed E-state index contributed by atoms with van der Waals surface area (Å²) in [5, 5.41) is 0.221. The van der Waals surface area contributed by atoms with E-state index in [4.69, 9.17) is 12.2 Å². The third-order valence-electron chi connectivity index (χ3n) is 1.90. The van der Waals surface area contributed by atoms with Crippen LogP contribution in [0.4, 0.5) is 0 Å². The van der Waals surface area contributed by atoms with Gasteiger partial charge in [-0.1, -0.05) is 37.8 Å². The first kappa shape index (κ1) is 12.5. The molecule has 2 atom stereocenters. The molecule has 0 saturated heterocycles. The molecule has 0 aromatic rings. The molecule has 0 heterocycles. The minimum absolute atomic E-state index is 0.0416. The molecule has 0 amide bonds. The number of thioether (sulfide) groups is 2. The fraction of sp³-hybridized carbons (Fsp3) is 0.750. The second-order valence-electron chi connectivity index (χ2n) is 2.62. The van der Waals surface area contributed by atoms with Gasteiger partial charge in [0.05, 0.1) is 4.20 Å². The zero-order chi connectivity index (χ0) is 9.72. The zero-order valence-electron chi connectivity index (χ0n) is 7.79. The molecule has 0 bridgehead atoms. The normalized spacial score (nSPS) is 15.3. The smallest absolute Gasteiger partial charge is 0.192 e. The first-order valence-corrected chi connectivity index (χ1v) is 6.56. The van der Waals surface area contributed by atoms with Gasteiger partial charge in [0.25, 0.3) is 0 Å². The molecule has 4 heteroatoms. The van der Waals surface area contributed by atoms with Crippen LogP contribution < -0.4 is 0 Å². The Labute approximate surface area is 88.1 Å². The monoisotopic (exact) mass is 222 g/mol. The minimum atomic E-state index is 0.0416. The Morgan fingerprint density at radius 1 is 1.17 bits per heavy atom. The van der Waals surface area contributed by atoms with Crippen LogP contribution in [-0.4, -0.2) is 21.8 Å². The fourth-order valence-corrected chi connectivity index (χ4v) is 2.14. The van der Waals surface area contributed by atoms with Crippen LogP contribution in [0.1, 0.15) is 13.8 Å². The molecule has 70 valence electrons. The van der Waals surface area contributed by atoms with E-state index in [9.17, 15) is 4.79 Å². The highest BCUT2D eigenvalue weighted by Crippen LogP contribution is 2.22. The average molecular weight is 222 g/mol. The third-order valence-corrected chi connectivity index (χ3v) is 4.32. The van der Waals surface area contributed by atoms with Crippen molar-refractivity contribution in [3.63, 3.8) is 0 Å². The van der Waals surface area contributed by atoms with Gasteiger partial charge in [0.15, 0.2) is 5.12 Å². The second kappa shape index (κ2) is 6.00. The van der Waals surface area contributed by atoms with Gasteiger partial charge < -0.3 is 0 Å². The van der Waals surface area contributed by atoms with Gasteiger partial charge in [-0.05, 0) is 12.5 Å². The molecule has 0 aromatic heterocycles. The van der Waals surface area contributed by atoms with E-state index in [0.717, 1.165) is 4.20 Å². The van der Waals surface area contributed by atoms with Crippen LogP contribution in [0.5, 0.6) is 0 Å². The first-order valence-electron chi connectivity index (χ1n) is 3.70. The standard InChI is InChI=1S/C8H14OS3/c1-5(7(9)11-3)6(2)8(10)12-4/h5-6H,1-4H3. The van der Waals surface area contributed by atoms with E-state index in [-0.39, 0.29) is 17.0 Å². The molecule has 0 aliphatic rings. The maximum Gasteiger partial charge on any atom is 0.192 e. The van der Waals surface area contributed by atoms with Crippen molar-refractivity contribution in [2.75, 3.05) is 12.5 Å². The van der Waals surface area contributed by atoms with Crippen molar-refractivity contribution < 1.29 is 4.79 Å². The van der Waals surface area contributed by atoms with Gasteiger partial charge in [0.1, 0.15) is 0 Å². The maximum absolute atomic E-state index is 11.3. The summed E-state index contributed by atoms with van der Waals surface area (Å²) in [6, 6.07) is 0. The van der Waals surface area contributed by atoms with Gasteiger partial charge in [-0.2, -0.15) is 0 Å². The van der Waals surface area contributed by atoms with Crippen LogP contribution in [0.2, 0.25) is 0 Å². The van der Waals surface area contributed by atoms with E-state index in [1.165, 1.54) is 11.8 Å². The van der Waals surface area contributed by atoms with Crippen molar-refractivity contribution >= 4 is 45.1 Å². The topological polar surface area (TPSA) is 17.1 Å². The van der Waals surface area contributed by atoms with E-state index in [1.807, 2.05) is 26.4 Å². The van der Waals surface area contributed by atoms with E-state index in [0.29, 0.717) is 0 Å². The molecule has 12 heavy (non-hydrogen) atoms. The molecular weight excluding hydrogens is 208 g/mol. The molecule has 0 aliphatic carbocycles. The average Bonchev–Trinajstić information content (AvgIpc) is 2.12. The second-order valence-corrected chi connectivity index (χ2v) is 4.98. The van der Waals surface area contributed by atoms with Gasteiger partial charge in [-0.15, -0.1) is 11.8 Å². The summed E-state index contributed by atoms with van der Waals surface area (Å²) in [6.45, 7) is 3.95. The minimum Gasteiger partial charge on any atom is -0.287 e. The Balaban J connectivity index is 4.18. The Kier molecular flexibility index (Phi) is 6.23. The predicted molar refractivity (Wildman–Crippen MR) is 63.0 cm³/mol. The van der Waals surface area contributed by atoms with Crippen LogP contribution in [0, 0.1) is 11.8 Å². The molecule has 0 radical (unpaired) electrons. The van der Waals surface area contributed by atoms with Gasteiger partial charge in [-0.25, -0.2) is 0 Å². The Hall–Kier alpha value is 0.460. The van der Waals surface area contributed by atoms with Crippen LogP contribution in [0.15, 0.2) is 0 Å². The van der Waals surface area contributed by atoms with Crippen LogP contribution in [-0.2, 0) is 4.79 Å². The molecule has 1 nitrogen and oxygen atoms in total. The van der Waals surface area contributed by atoms with E-state index in [2.05, 4.69) is 0 Å². The van der Waals surface area contributed by atoms with E-state index < -0.39 is 0 Å². The lowest BCUT2D eigenvalue weighted by atomic mass is 9.99. The largest absolute Gasteiger partial charge is 0.287 e. The zero-order valence-corrected chi connectivity index (χ0v) is 10.2. The van der Waals surface area contributed by atoms with E-state index >= 15 is 0 Å². The van der Waals surface area contributed by atoms with Crippen molar-refractivity contribution in [1.29, 1.82) is 0 Å². The predicted octanol–water partition coefficient (Wildman–Crippen LogP) is 2.84. The number of hydrogen-bond donors (Lipinski definition) is 0. The lowest BCUT2D eigenvalue weighted by Crippen LogP contribution is -2.20. The third kappa shape index (κ3) is 3.46. The van der Waals surface area contributed by atoms with Crippen molar-refractivity contribution in [1.82, 2.24) is 0 Å².